The van der Waals surface area contributed by atoms with Crippen molar-refractivity contribution >= 4 is 17.6 Å². The number of phenols is 1. The molecule has 2 aromatic carbocycles. The van der Waals surface area contributed by atoms with Crippen LogP contribution in [0.1, 0.15) is 41.3 Å². The van der Waals surface area contributed by atoms with Crippen molar-refractivity contribution in [1.82, 2.24) is 0 Å². The molecule has 0 fully saturated rings. The van der Waals surface area contributed by atoms with E-state index >= 15 is 0 Å². The van der Waals surface area contributed by atoms with Crippen LogP contribution in [0.3, 0.4) is 0 Å². The van der Waals surface area contributed by atoms with Gasteiger partial charge in [0.1, 0.15) is 17.1 Å². The normalized spacial score (nSPS) is 10.5. The minimum atomic E-state index is -0.801. The summed E-state index contributed by atoms with van der Waals surface area (Å²) in [6, 6.07) is 10.00. The van der Waals surface area contributed by atoms with Crippen LogP contribution in [0.15, 0.2) is 36.4 Å². The van der Waals surface area contributed by atoms with E-state index in [4.69, 9.17) is 9.47 Å². The Bertz CT molecular complexity index is 814. The molecule has 0 aliphatic carbocycles. The van der Waals surface area contributed by atoms with Crippen LogP contribution in [0.4, 0.5) is 5.69 Å². The fourth-order valence-corrected chi connectivity index (χ4v) is 2.53. The van der Waals surface area contributed by atoms with E-state index < -0.39 is 18.5 Å². The first-order valence-electron chi connectivity index (χ1n) is 8.27. The Labute approximate surface area is 152 Å². The Morgan fingerprint density at radius 3 is 2.58 bits per heavy atom. The molecule has 0 heterocycles. The maximum absolute atomic E-state index is 12.2. The van der Waals surface area contributed by atoms with Crippen LogP contribution in [0.25, 0.3) is 0 Å². The third kappa shape index (κ3) is 4.53. The Hall–Kier alpha value is -3.02. The third-order valence-corrected chi connectivity index (χ3v) is 3.95. The lowest BCUT2D eigenvalue weighted by Gasteiger charge is -2.16. The van der Waals surface area contributed by atoms with Gasteiger partial charge >= 0.3 is 5.97 Å². The van der Waals surface area contributed by atoms with Crippen LogP contribution < -0.4 is 10.1 Å². The van der Waals surface area contributed by atoms with E-state index in [1.165, 1.54) is 25.3 Å². The van der Waals surface area contributed by atoms with E-state index in [1.807, 2.05) is 39.0 Å². The Kier molecular flexibility index (Phi) is 6.22. The molecule has 0 saturated heterocycles. The number of anilines is 1. The number of benzene rings is 2. The van der Waals surface area contributed by atoms with Crippen molar-refractivity contribution in [2.45, 2.75) is 26.7 Å². The molecule has 0 saturated carbocycles. The van der Waals surface area contributed by atoms with E-state index in [9.17, 15) is 14.7 Å². The Balaban J connectivity index is 2.05. The number of methoxy groups -OCH3 is 1. The van der Waals surface area contributed by atoms with Crippen LogP contribution in [0.2, 0.25) is 0 Å². The lowest BCUT2D eigenvalue weighted by molar-refractivity contribution is -0.119. The van der Waals surface area contributed by atoms with Crippen LogP contribution >= 0.6 is 0 Å². The van der Waals surface area contributed by atoms with E-state index in [1.54, 1.807) is 0 Å². The van der Waals surface area contributed by atoms with Crippen molar-refractivity contribution in [2.75, 3.05) is 19.0 Å². The Morgan fingerprint density at radius 2 is 1.92 bits per heavy atom. The molecular weight excluding hydrogens is 334 g/mol. The number of carbonyl (C=O) groups is 2. The summed E-state index contributed by atoms with van der Waals surface area (Å²) in [5.74, 6) is -0.846. The van der Waals surface area contributed by atoms with Gasteiger partial charge in [-0.3, -0.25) is 4.79 Å². The lowest BCUT2D eigenvalue weighted by atomic mass is 9.98. The summed E-state index contributed by atoms with van der Waals surface area (Å²) in [6.45, 7) is 5.52. The van der Waals surface area contributed by atoms with Gasteiger partial charge in [-0.15, -0.1) is 0 Å². The molecule has 0 bridgehead atoms. The molecule has 2 N–H and O–H groups in total. The molecule has 0 aliphatic rings. The molecule has 2 rings (SSSR count). The third-order valence-electron chi connectivity index (χ3n) is 3.95. The molecule has 0 spiro atoms. The highest BCUT2D eigenvalue weighted by Gasteiger charge is 2.17. The molecule has 0 radical (unpaired) electrons. The number of nitrogens with one attached hydrogen (secondary N) is 1. The maximum Gasteiger partial charge on any atom is 0.342 e. The van der Waals surface area contributed by atoms with Gasteiger partial charge in [0.25, 0.3) is 5.91 Å². The van der Waals surface area contributed by atoms with Crippen molar-refractivity contribution in [1.29, 1.82) is 0 Å². The molecule has 138 valence electrons. The average Bonchev–Trinajstić information content (AvgIpc) is 2.61. The summed E-state index contributed by atoms with van der Waals surface area (Å²) in [5.41, 5.74) is 2.61. The van der Waals surface area contributed by atoms with Crippen LogP contribution in [0, 0.1) is 6.92 Å². The molecule has 26 heavy (non-hydrogen) atoms. The number of para-hydroxylation sites is 1. The molecule has 0 aromatic heterocycles. The highest BCUT2D eigenvalue weighted by Crippen LogP contribution is 2.27. The first kappa shape index (κ1) is 19.3. The summed E-state index contributed by atoms with van der Waals surface area (Å²) in [5, 5.41) is 12.6. The van der Waals surface area contributed by atoms with Gasteiger partial charge in [-0.2, -0.15) is 0 Å². The van der Waals surface area contributed by atoms with E-state index in [0.717, 1.165) is 16.8 Å². The van der Waals surface area contributed by atoms with Crippen LogP contribution in [-0.2, 0) is 9.53 Å². The second kappa shape index (κ2) is 8.38. The number of carbonyl (C=O) groups excluding carboxylic acids is 2. The topological polar surface area (TPSA) is 84.9 Å². The number of amides is 1. The van der Waals surface area contributed by atoms with Gasteiger partial charge < -0.3 is 19.9 Å². The second-order valence-electron chi connectivity index (χ2n) is 6.20. The number of rotatable bonds is 6. The number of phenolic OH excluding ortho intramolecular Hbond substituents is 1. The van der Waals surface area contributed by atoms with Gasteiger partial charge in [-0.1, -0.05) is 32.0 Å². The van der Waals surface area contributed by atoms with Gasteiger partial charge in [0.2, 0.25) is 0 Å². The van der Waals surface area contributed by atoms with Gasteiger partial charge in [-0.05, 0) is 42.2 Å². The fraction of sp³-hybridized carbons (Fsp3) is 0.300. The standard InChI is InChI=1S/C20H23NO5/c1-12(2)15-7-5-6-13(3)19(15)21-18(23)11-26-20(24)16-10-14(25-4)8-9-17(16)22/h5-10,12,22H,11H2,1-4H3,(H,21,23). The van der Waals surface area contributed by atoms with Gasteiger partial charge in [-0.25, -0.2) is 4.79 Å². The highest BCUT2D eigenvalue weighted by molar-refractivity contribution is 5.97. The first-order valence-corrected chi connectivity index (χ1v) is 8.27. The SMILES string of the molecule is COc1ccc(O)c(C(=O)OCC(=O)Nc2c(C)cccc2C(C)C)c1. The van der Waals surface area contributed by atoms with E-state index in [0.29, 0.717) is 5.75 Å². The average molecular weight is 357 g/mol. The molecule has 0 unspecified atom stereocenters. The minimum Gasteiger partial charge on any atom is -0.507 e. The molecular formula is C20H23NO5. The quantitative estimate of drug-likeness (QED) is 0.771. The number of hydrogen-bond donors (Lipinski definition) is 2. The van der Waals surface area contributed by atoms with E-state index in [2.05, 4.69) is 5.32 Å². The zero-order chi connectivity index (χ0) is 19.3. The van der Waals surface area contributed by atoms with Crippen LogP contribution in [-0.4, -0.2) is 30.7 Å². The summed E-state index contributed by atoms with van der Waals surface area (Å²) < 4.78 is 10.0. The molecule has 1 amide bonds. The number of hydrogen-bond acceptors (Lipinski definition) is 5. The summed E-state index contributed by atoms with van der Waals surface area (Å²) in [4.78, 5) is 24.3. The molecule has 0 atom stereocenters. The number of aromatic hydroxyl groups is 1. The van der Waals surface area contributed by atoms with Crippen molar-refractivity contribution in [2.24, 2.45) is 0 Å². The van der Waals surface area contributed by atoms with Crippen molar-refractivity contribution < 1.29 is 24.2 Å². The monoisotopic (exact) mass is 357 g/mol. The summed E-state index contributed by atoms with van der Waals surface area (Å²) in [6.07, 6.45) is 0. The Morgan fingerprint density at radius 1 is 1.19 bits per heavy atom. The zero-order valence-electron chi connectivity index (χ0n) is 15.3. The fourth-order valence-electron chi connectivity index (χ4n) is 2.53. The summed E-state index contributed by atoms with van der Waals surface area (Å²) in [7, 11) is 1.45. The molecule has 6 heteroatoms. The largest absolute Gasteiger partial charge is 0.507 e. The zero-order valence-corrected chi connectivity index (χ0v) is 15.3. The minimum absolute atomic E-state index is 0.0593. The highest BCUT2D eigenvalue weighted by atomic mass is 16.5. The number of ether oxygens (including phenoxy) is 2. The van der Waals surface area contributed by atoms with Crippen molar-refractivity contribution in [3.63, 3.8) is 0 Å². The second-order valence-corrected chi connectivity index (χ2v) is 6.20. The van der Waals surface area contributed by atoms with Crippen molar-refractivity contribution in [3.05, 3.63) is 53.1 Å². The van der Waals surface area contributed by atoms with Crippen LogP contribution in [0.5, 0.6) is 11.5 Å². The first-order chi connectivity index (χ1) is 12.3. The lowest BCUT2D eigenvalue weighted by Crippen LogP contribution is -2.22. The molecule has 6 nitrogen and oxygen atoms in total. The summed E-state index contributed by atoms with van der Waals surface area (Å²) >= 11 is 0. The molecule has 2 aromatic rings. The smallest absolute Gasteiger partial charge is 0.342 e. The predicted molar refractivity (Wildman–Crippen MR) is 98.8 cm³/mol. The molecule has 0 aliphatic heterocycles. The van der Waals surface area contributed by atoms with Gasteiger partial charge in [0, 0.05) is 5.69 Å². The maximum atomic E-state index is 12.2. The van der Waals surface area contributed by atoms with Crippen molar-refractivity contribution in [3.8, 4) is 11.5 Å². The number of esters is 1. The van der Waals surface area contributed by atoms with Gasteiger partial charge in [0.15, 0.2) is 6.61 Å². The predicted octanol–water partition coefficient (Wildman–Crippen LogP) is 3.63. The van der Waals surface area contributed by atoms with Gasteiger partial charge in [0.05, 0.1) is 7.11 Å². The van der Waals surface area contributed by atoms with E-state index in [-0.39, 0.29) is 17.2 Å². The number of aryl methyl sites for hydroxylation is 1.